The number of carboxylic acid groups (broad SMARTS) is 1. The van der Waals surface area contributed by atoms with Crippen molar-refractivity contribution in [1.29, 1.82) is 0 Å². The number of thiazole rings is 1. The molecule has 2 atom stereocenters. The van der Waals surface area contributed by atoms with E-state index in [2.05, 4.69) is 4.98 Å². The first-order chi connectivity index (χ1) is 7.20. The monoisotopic (exact) mass is 223 g/mol. The van der Waals surface area contributed by atoms with E-state index in [0.717, 1.165) is 17.7 Å². The molecule has 0 radical (unpaired) electrons. The van der Waals surface area contributed by atoms with Gasteiger partial charge in [0.05, 0.1) is 10.9 Å². The van der Waals surface area contributed by atoms with E-state index < -0.39 is 11.4 Å². The molecule has 15 heavy (non-hydrogen) atoms. The third kappa shape index (κ3) is 1.47. The molecule has 4 heteroatoms. The van der Waals surface area contributed by atoms with Gasteiger partial charge in [-0.3, -0.25) is 9.78 Å². The lowest BCUT2D eigenvalue weighted by Gasteiger charge is -2.24. The molecular weight excluding hydrogens is 210 g/mol. The quantitative estimate of drug-likeness (QED) is 0.854. The minimum absolute atomic E-state index is 0.472. The van der Waals surface area contributed by atoms with Crippen molar-refractivity contribution in [2.24, 2.45) is 17.3 Å². The van der Waals surface area contributed by atoms with Crippen molar-refractivity contribution in [3.05, 3.63) is 16.6 Å². The Labute approximate surface area is 92.2 Å². The molecular formula is C11H13NO2S. The van der Waals surface area contributed by atoms with Crippen LogP contribution in [0.3, 0.4) is 0 Å². The third-order valence-corrected chi connectivity index (χ3v) is 4.60. The highest BCUT2D eigenvalue weighted by atomic mass is 32.1. The molecule has 0 aliphatic heterocycles. The van der Waals surface area contributed by atoms with E-state index in [4.69, 9.17) is 0 Å². The Morgan fingerprint density at radius 2 is 2.33 bits per heavy atom. The van der Waals surface area contributed by atoms with Gasteiger partial charge in [-0.2, -0.15) is 0 Å². The molecule has 0 aromatic carbocycles. The van der Waals surface area contributed by atoms with E-state index in [9.17, 15) is 9.90 Å². The second kappa shape index (κ2) is 3.04. The normalized spacial score (nSPS) is 37.6. The van der Waals surface area contributed by atoms with Gasteiger partial charge >= 0.3 is 5.97 Å². The summed E-state index contributed by atoms with van der Waals surface area (Å²) >= 11 is 1.57. The molecule has 3 rings (SSSR count). The Bertz CT molecular complexity index is 377. The summed E-state index contributed by atoms with van der Waals surface area (Å²) in [6, 6.07) is 0. The summed E-state index contributed by atoms with van der Waals surface area (Å²) in [5.74, 6) is 0.797. The molecule has 1 heterocycles. The number of carboxylic acids is 1. The fourth-order valence-electron chi connectivity index (χ4n) is 2.95. The van der Waals surface area contributed by atoms with Crippen LogP contribution in [0.25, 0.3) is 0 Å². The molecule has 0 bridgehead atoms. The lowest BCUT2D eigenvalue weighted by atomic mass is 9.79. The first-order valence-electron chi connectivity index (χ1n) is 5.30. The van der Waals surface area contributed by atoms with Gasteiger partial charge in [0, 0.05) is 11.1 Å². The average Bonchev–Trinajstić information content (AvgIpc) is 2.68. The van der Waals surface area contributed by atoms with Crippen LogP contribution in [0.2, 0.25) is 0 Å². The SMILES string of the molecule is O=C(O)C1(Cc2cncs2)CC2CC2C1. The summed E-state index contributed by atoms with van der Waals surface area (Å²) in [5, 5.41) is 9.39. The number of carbonyl (C=O) groups is 1. The van der Waals surface area contributed by atoms with Crippen LogP contribution in [0.5, 0.6) is 0 Å². The molecule has 0 amide bonds. The lowest BCUT2D eigenvalue weighted by molar-refractivity contribution is -0.149. The lowest BCUT2D eigenvalue weighted by Crippen LogP contribution is -2.31. The van der Waals surface area contributed by atoms with Crippen LogP contribution in [0, 0.1) is 17.3 Å². The fourth-order valence-corrected chi connectivity index (χ4v) is 3.69. The summed E-state index contributed by atoms with van der Waals surface area (Å²) < 4.78 is 0. The Kier molecular flexibility index (Phi) is 1.89. The molecule has 80 valence electrons. The van der Waals surface area contributed by atoms with Gasteiger partial charge in [-0.15, -0.1) is 11.3 Å². The summed E-state index contributed by atoms with van der Waals surface area (Å²) in [6.45, 7) is 0. The van der Waals surface area contributed by atoms with Gasteiger partial charge in [-0.25, -0.2) is 0 Å². The van der Waals surface area contributed by atoms with Gasteiger partial charge in [-0.1, -0.05) is 0 Å². The molecule has 1 aromatic heterocycles. The van der Waals surface area contributed by atoms with Crippen LogP contribution in [0.4, 0.5) is 0 Å². The summed E-state index contributed by atoms with van der Waals surface area (Å²) in [5.41, 5.74) is 1.31. The minimum atomic E-state index is -0.608. The van der Waals surface area contributed by atoms with E-state index >= 15 is 0 Å². The number of hydrogen-bond donors (Lipinski definition) is 1. The predicted molar refractivity (Wildman–Crippen MR) is 56.7 cm³/mol. The zero-order valence-corrected chi connectivity index (χ0v) is 9.17. The highest BCUT2D eigenvalue weighted by Crippen LogP contribution is 2.61. The number of rotatable bonds is 3. The van der Waals surface area contributed by atoms with E-state index in [1.807, 2.05) is 0 Å². The number of aromatic nitrogens is 1. The topological polar surface area (TPSA) is 50.2 Å². The van der Waals surface area contributed by atoms with Crippen molar-refractivity contribution in [1.82, 2.24) is 4.98 Å². The Morgan fingerprint density at radius 1 is 1.60 bits per heavy atom. The number of fused-ring (bicyclic) bond motifs is 1. The third-order valence-electron chi connectivity index (χ3n) is 3.82. The maximum absolute atomic E-state index is 11.4. The Balaban J connectivity index is 1.82. The fraction of sp³-hybridized carbons (Fsp3) is 0.636. The van der Waals surface area contributed by atoms with Crippen molar-refractivity contribution in [2.75, 3.05) is 0 Å². The number of hydrogen-bond acceptors (Lipinski definition) is 3. The summed E-state index contributed by atoms with van der Waals surface area (Å²) in [7, 11) is 0. The van der Waals surface area contributed by atoms with Crippen molar-refractivity contribution in [3.8, 4) is 0 Å². The second-order valence-electron chi connectivity index (χ2n) is 4.89. The van der Waals surface area contributed by atoms with E-state index in [1.165, 1.54) is 6.42 Å². The standard InChI is InChI=1S/C11H13NO2S/c13-10(14)11(2-7-1-8(7)3-11)4-9-5-12-6-15-9/h5-8H,1-4H2,(H,13,14). The maximum Gasteiger partial charge on any atom is 0.310 e. The smallest absolute Gasteiger partial charge is 0.310 e. The molecule has 0 saturated heterocycles. The van der Waals surface area contributed by atoms with Crippen LogP contribution in [0.15, 0.2) is 11.7 Å². The number of aliphatic carboxylic acids is 1. The Hall–Kier alpha value is -0.900. The summed E-state index contributed by atoms with van der Waals surface area (Å²) in [4.78, 5) is 16.5. The van der Waals surface area contributed by atoms with Crippen molar-refractivity contribution >= 4 is 17.3 Å². The molecule has 0 spiro atoms. The van der Waals surface area contributed by atoms with Crippen LogP contribution >= 0.6 is 11.3 Å². The van der Waals surface area contributed by atoms with Gasteiger partial charge < -0.3 is 5.11 Å². The molecule has 2 aliphatic rings. The highest BCUT2D eigenvalue weighted by molar-refractivity contribution is 7.09. The predicted octanol–water partition coefficient (Wildman–Crippen LogP) is 2.19. The van der Waals surface area contributed by atoms with Crippen molar-refractivity contribution in [2.45, 2.75) is 25.7 Å². The first-order valence-corrected chi connectivity index (χ1v) is 6.18. The maximum atomic E-state index is 11.4. The number of nitrogens with zero attached hydrogens (tertiary/aromatic N) is 1. The van der Waals surface area contributed by atoms with E-state index in [-0.39, 0.29) is 0 Å². The zero-order valence-electron chi connectivity index (χ0n) is 8.35. The summed E-state index contributed by atoms with van der Waals surface area (Å²) in [6.07, 6.45) is 5.51. The van der Waals surface area contributed by atoms with Crippen LogP contribution in [-0.2, 0) is 11.2 Å². The van der Waals surface area contributed by atoms with Crippen LogP contribution in [-0.4, -0.2) is 16.1 Å². The molecule has 2 saturated carbocycles. The van der Waals surface area contributed by atoms with Gasteiger partial charge in [0.1, 0.15) is 0 Å². The molecule has 2 aliphatic carbocycles. The molecule has 3 nitrogen and oxygen atoms in total. The van der Waals surface area contributed by atoms with Crippen molar-refractivity contribution < 1.29 is 9.90 Å². The van der Waals surface area contributed by atoms with E-state index in [0.29, 0.717) is 18.3 Å². The second-order valence-corrected chi connectivity index (χ2v) is 5.87. The average molecular weight is 223 g/mol. The Morgan fingerprint density at radius 3 is 2.87 bits per heavy atom. The van der Waals surface area contributed by atoms with Crippen LogP contribution < -0.4 is 0 Å². The molecule has 2 unspecified atom stereocenters. The first kappa shape index (κ1) is 9.33. The zero-order chi connectivity index (χ0) is 10.5. The molecule has 1 aromatic rings. The van der Waals surface area contributed by atoms with Gasteiger partial charge in [0.2, 0.25) is 0 Å². The van der Waals surface area contributed by atoms with Crippen LogP contribution in [0.1, 0.15) is 24.1 Å². The minimum Gasteiger partial charge on any atom is -0.481 e. The van der Waals surface area contributed by atoms with Gasteiger partial charge in [0.15, 0.2) is 0 Å². The van der Waals surface area contributed by atoms with Gasteiger partial charge in [0.25, 0.3) is 0 Å². The largest absolute Gasteiger partial charge is 0.481 e. The van der Waals surface area contributed by atoms with E-state index in [1.54, 1.807) is 23.0 Å². The van der Waals surface area contributed by atoms with Gasteiger partial charge in [-0.05, 0) is 37.5 Å². The van der Waals surface area contributed by atoms with Crippen molar-refractivity contribution in [3.63, 3.8) is 0 Å². The highest BCUT2D eigenvalue weighted by Gasteiger charge is 2.57. The molecule has 1 N–H and O–H groups in total. The molecule has 2 fully saturated rings.